The lowest BCUT2D eigenvalue weighted by Crippen LogP contribution is -2.14. The van der Waals surface area contributed by atoms with E-state index < -0.39 is 11.9 Å². The molecule has 0 aromatic heterocycles. The van der Waals surface area contributed by atoms with Gasteiger partial charge in [-0.3, -0.25) is 9.59 Å². The van der Waals surface area contributed by atoms with Crippen LogP contribution in [0, 0.1) is 22.7 Å². The summed E-state index contributed by atoms with van der Waals surface area (Å²) in [7, 11) is 0. The highest BCUT2D eigenvalue weighted by Crippen LogP contribution is 2.61. The number of unbranched alkanes of at least 4 members (excludes halogenated alkanes) is 14. The Bertz CT molecular complexity index is 1810. The molecule has 3 rings (SSSR count). The van der Waals surface area contributed by atoms with Crippen molar-refractivity contribution in [1.29, 1.82) is 10.5 Å². The van der Waals surface area contributed by atoms with Crippen molar-refractivity contribution in [3.8, 4) is 23.6 Å². The van der Waals surface area contributed by atoms with Gasteiger partial charge in [0.25, 0.3) is 0 Å². The Kier molecular flexibility index (Phi) is 25.0. The number of carbonyl (C=O) groups is 4. The molecule has 62 heavy (non-hydrogen) atoms. The minimum absolute atomic E-state index is 0.0312. The van der Waals surface area contributed by atoms with Crippen molar-refractivity contribution in [2.24, 2.45) is 0 Å². The molecule has 0 spiro atoms. The van der Waals surface area contributed by atoms with Crippen molar-refractivity contribution in [2.75, 3.05) is 39.6 Å². The number of nitriles is 2. The molecule has 0 bridgehead atoms. The van der Waals surface area contributed by atoms with Crippen LogP contribution in [-0.2, 0) is 38.1 Å². The number of nitrogens with zero attached hydrogens (tertiary/aromatic N) is 2. The summed E-state index contributed by atoms with van der Waals surface area (Å²) in [6.45, 7) is 11.4. The molecule has 14 heteroatoms. The number of ether oxygens (including phenoxy) is 6. The molecular weight excluding hydrogens is 829 g/mol. The Morgan fingerprint density at radius 3 is 1.21 bits per heavy atom. The van der Waals surface area contributed by atoms with Crippen LogP contribution in [0.15, 0.2) is 68.2 Å². The van der Waals surface area contributed by atoms with E-state index in [1.165, 1.54) is 23.5 Å². The molecule has 1 aliphatic heterocycles. The topological polar surface area (TPSA) is 171 Å². The first-order valence-electron chi connectivity index (χ1n) is 21.8. The van der Waals surface area contributed by atoms with Gasteiger partial charge in [0.1, 0.15) is 55.6 Å². The largest absolute Gasteiger partial charge is 0.492 e. The Labute approximate surface area is 375 Å². The van der Waals surface area contributed by atoms with Crippen LogP contribution in [0.5, 0.6) is 11.5 Å². The summed E-state index contributed by atoms with van der Waals surface area (Å²) in [5.41, 5.74) is 0.700. The molecule has 2 aromatic rings. The average molecular weight is 891 g/mol. The molecule has 336 valence electrons. The third kappa shape index (κ3) is 19.0. The van der Waals surface area contributed by atoms with Gasteiger partial charge in [-0.1, -0.05) is 138 Å². The SMILES string of the molecule is C=C(C)C(=O)OCCOC(=O)CCCCCCCCCCOc1c2c(c(OCCCCCCCCCCC(=O)OCCOC(=O)C(=C)C)c3ccccc13)SC(=C(C#N)C#N)S2. The first kappa shape index (κ1) is 51.4. The Morgan fingerprint density at radius 1 is 0.516 bits per heavy atom. The number of hydrogen-bond donors (Lipinski definition) is 0. The molecule has 0 N–H and O–H groups in total. The first-order valence-corrected chi connectivity index (χ1v) is 23.4. The quantitative estimate of drug-likeness (QED) is 0.0223. The summed E-state index contributed by atoms with van der Waals surface area (Å²) in [6, 6.07) is 12.1. The zero-order valence-corrected chi connectivity index (χ0v) is 38.1. The standard InChI is InChI=1S/C48H62N2O10S2/c1-35(2)46(53)59-31-29-55-40(51)25-17-13-9-5-7-11-15-21-27-57-42-38-23-19-20-24-39(38)43(45-44(42)61-48(62-45)37(33-49)34-50)58-28-22-16-12-8-6-10-14-18-26-41(52)56-30-32-60-47(54)36(3)4/h19-20,23-24H,1,3,5-18,21-22,25-32H2,2,4H3. The number of hydrogen-bond acceptors (Lipinski definition) is 14. The van der Waals surface area contributed by atoms with Gasteiger partial charge >= 0.3 is 23.9 Å². The molecule has 0 radical (unpaired) electrons. The third-order valence-corrected chi connectivity index (χ3v) is 12.3. The highest BCUT2D eigenvalue weighted by Gasteiger charge is 2.31. The first-order chi connectivity index (χ1) is 30.1. The lowest BCUT2D eigenvalue weighted by Gasteiger charge is -2.18. The van der Waals surface area contributed by atoms with Gasteiger partial charge in [0, 0.05) is 34.8 Å². The summed E-state index contributed by atoms with van der Waals surface area (Å²) in [5.74, 6) is -0.0169. The van der Waals surface area contributed by atoms with Crippen LogP contribution < -0.4 is 9.47 Å². The summed E-state index contributed by atoms with van der Waals surface area (Å²) < 4.78 is 33.7. The third-order valence-electron chi connectivity index (χ3n) is 9.75. The maximum atomic E-state index is 11.9. The van der Waals surface area contributed by atoms with Gasteiger partial charge in [-0.05, 0) is 39.5 Å². The van der Waals surface area contributed by atoms with Gasteiger partial charge in [-0.15, -0.1) is 0 Å². The van der Waals surface area contributed by atoms with Crippen molar-refractivity contribution in [1.82, 2.24) is 0 Å². The highest BCUT2D eigenvalue weighted by molar-refractivity contribution is 8.24. The van der Waals surface area contributed by atoms with Gasteiger partial charge in [-0.2, -0.15) is 10.5 Å². The number of esters is 4. The van der Waals surface area contributed by atoms with Crippen molar-refractivity contribution in [2.45, 2.75) is 139 Å². The van der Waals surface area contributed by atoms with E-state index in [1.807, 2.05) is 36.4 Å². The molecule has 0 saturated carbocycles. The molecule has 1 heterocycles. The van der Waals surface area contributed by atoms with Crippen LogP contribution in [0.4, 0.5) is 0 Å². The van der Waals surface area contributed by atoms with E-state index in [-0.39, 0.29) is 43.9 Å². The monoisotopic (exact) mass is 890 g/mol. The molecule has 0 saturated heterocycles. The Morgan fingerprint density at radius 2 is 0.855 bits per heavy atom. The van der Waals surface area contributed by atoms with Crippen LogP contribution in [0.1, 0.15) is 129 Å². The summed E-state index contributed by atoms with van der Waals surface area (Å²) in [6.07, 6.45) is 16.7. The molecule has 12 nitrogen and oxygen atoms in total. The van der Waals surface area contributed by atoms with E-state index in [4.69, 9.17) is 28.4 Å². The average Bonchev–Trinajstić information content (AvgIpc) is 3.70. The maximum Gasteiger partial charge on any atom is 0.333 e. The zero-order valence-electron chi connectivity index (χ0n) is 36.5. The molecule has 0 atom stereocenters. The van der Waals surface area contributed by atoms with E-state index >= 15 is 0 Å². The second-order valence-corrected chi connectivity index (χ2v) is 17.4. The van der Waals surface area contributed by atoms with Gasteiger partial charge < -0.3 is 28.4 Å². The number of fused-ring (bicyclic) bond motifs is 2. The Balaban J connectivity index is 1.37. The van der Waals surface area contributed by atoms with Crippen LogP contribution in [-0.4, -0.2) is 63.5 Å². The Hall–Kier alpha value is -4.92. The number of benzene rings is 2. The fraction of sp³-hybridized carbons (Fsp3) is 0.542. The van der Waals surface area contributed by atoms with Crippen LogP contribution in [0.2, 0.25) is 0 Å². The number of rotatable bonds is 32. The zero-order chi connectivity index (χ0) is 45.0. The van der Waals surface area contributed by atoms with Crippen molar-refractivity contribution >= 4 is 58.2 Å². The molecule has 0 unspecified atom stereocenters. The number of allylic oxidation sites excluding steroid dienone is 1. The second kappa shape index (κ2) is 30.2. The minimum atomic E-state index is -0.490. The van der Waals surface area contributed by atoms with Gasteiger partial charge in [-0.25, -0.2) is 9.59 Å². The van der Waals surface area contributed by atoms with E-state index in [2.05, 4.69) is 13.2 Å². The van der Waals surface area contributed by atoms with Gasteiger partial charge in [0.2, 0.25) is 0 Å². The van der Waals surface area contributed by atoms with Gasteiger partial charge in [0.15, 0.2) is 0 Å². The van der Waals surface area contributed by atoms with E-state index in [1.54, 1.807) is 13.8 Å². The molecule has 0 aliphatic carbocycles. The molecule has 0 amide bonds. The smallest absolute Gasteiger partial charge is 0.333 e. The van der Waals surface area contributed by atoms with Crippen molar-refractivity contribution in [3.05, 3.63) is 58.4 Å². The van der Waals surface area contributed by atoms with Crippen molar-refractivity contribution in [3.63, 3.8) is 0 Å². The summed E-state index contributed by atoms with van der Waals surface area (Å²) in [4.78, 5) is 48.3. The predicted octanol–water partition coefficient (Wildman–Crippen LogP) is 11.4. The van der Waals surface area contributed by atoms with E-state index in [0.717, 1.165) is 135 Å². The van der Waals surface area contributed by atoms with Gasteiger partial charge in [0.05, 0.1) is 27.2 Å². The summed E-state index contributed by atoms with van der Waals surface area (Å²) in [5, 5.41) is 21.3. The lowest BCUT2D eigenvalue weighted by atomic mass is 10.1. The summed E-state index contributed by atoms with van der Waals surface area (Å²) >= 11 is 2.81. The predicted molar refractivity (Wildman–Crippen MR) is 241 cm³/mol. The molecule has 0 fully saturated rings. The molecule has 1 aliphatic rings. The normalized spacial score (nSPS) is 11.5. The van der Waals surface area contributed by atoms with E-state index in [9.17, 15) is 29.7 Å². The fourth-order valence-electron chi connectivity index (χ4n) is 6.41. The second-order valence-electron chi connectivity index (χ2n) is 15.1. The lowest BCUT2D eigenvalue weighted by molar-refractivity contribution is -0.150. The highest BCUT2D eigenvalue weighted by atomic mass is 32.2. The molecular formula is C48H62N2O10S2. The number of carbonyl (C=O) groups excluding carboxylic acids is 4. The minimum Gasteiger partial charge on any atom is -0.492 e. The van der Waals surface area contributed by atoms with Crippen molar-refractivity contribution < 1.29 is 47.6 Å². The van der Waals surface area contributed by atoms with Crippen LogP contribution in [0.25, 0.3) is 10.8 Å². The number of thioether (sulfide) groups is 2. The van der Waals surface area contributed by atoms with Crippen LogP contribution in [0.3, 0.4) is 0 Å². The van der Waals surface area contributed by atoms with E-state index in [0.29, 0.717) is 41.4 Å². The maximum absolute atomic E-state index is 11.9. The van der Waals surface area contributed by atoms with Crippen LogP contribution >= 0.6 is 23.5 Å². The fourth-order valence-corrected chi connectivity index (χ4v) is 8.98. The molecule has 2 aromatic carbocycles.